The number of carbonyl (C=O) groups is 1. The third kappa shape index (κ3) is 4.44. The van der Waals surface area contributed by atoms with Crippen LogP contribution in [-0.2, 0) is 9.53 Å². The molecule has 0 atom stereocenters. The van der Waals surface area contributed by atoms with Crippen molar-refractivity contribution in [1.82, 2.24) is 0 Å². The predicted molar refractivity (Wildman–Crippen MR) is 43.9 cm³/mol. The monoisotopic (exact) mass is 154 g/mol. The Hall–Kier alpha value is -0.970. The highest BCUT2D eigenvalue weighted by atomic mass is 16.5. The molecule has 0 aromatic carbocycles. The molecule has 0 radical (unpaired) electrons. The van der Waals surface area contributed by atoms with Gasteiger partial charge in [-0.25, -0.2) is 0 Å². The number of ether oxygens (including phenoxy) is 1. The molecule has 0 aromatic rings. The van der Waals surface area contributed by atoms with E-state index >= 15 is 0 Å². The Kier molecular flexibility index (Phi) is 3.67. The second-order valence-electron chi connectivity index (χ2n) is 3.01. The zero-order chi connectivity index (χ0) is 8.91. The average molecular weight is 154 g/mol. The van der Waals surface area contributed by atoms with Gasteiger partial charge in [-0.15, -0.1) is 6.42 Å². The summed E-state index contributed by atoms with van der Waals surface area (Å²) in [6.07, 6.45) is 5.48. The van der Waals surface area contributed by atoms with Crippen LogP contribution in [0.4, 0.5) is 0 Å². The van der Waals surface area contributed by atoms with Crippen LogP contribution in [0.3, 0.4) is 0 Å². The molecule has 11 heavy (non-hydrogen) atoms. The molecule has 0 unspecified atom stereocenters. The van der Waals surface area contributed by atoms with Gasteiger partial charge in [-0.2, -0.15) is 0 Å². The number of hydrogen-bond donors (Lipinski definition) is 0. The first kappa shape index (κ1) is 10.0. The van der Waals surface area contributed by atoms with Crippen molar-refractivity contribution in [2.45, 2.75) is 27.2 Å². The number of hydrogen-bond acceptors (Lipinski definition) is 2. The first-order chi connectivity index (χ1) is 5.02. The Bertz CT molecular complexity index is 174. The van der Waals surface area contributed by atoms with Crippen molar-refractivity contribution in [1.29, 1.82) is 0 Å². The molecule has 2 heteroatoms. The minimum atomic E-state index is -0.383. The SMILES string of the molecule is C#CC(C)(C)CC(=O)OCC. The van der Waals surface area contributed by atoms with Gasteiger partial charge >= 0.3 is 5.97 Å². The Morgan fingerprint density at radius 3 is 2.55 bits per heavy atom. The van der Waals surface area contributed by atoms with E-state index in [1.165, 1.54) is 0 Å². The molecule has 0 saturated carbocycles. The minimum absolute atomic E-state index is 0.226. The predicted octanol–water partition coefficient (Wildman–Crippen LogP) is 1.60. The maximum Gasteiger partial charge on any atom is 0.307 e. The fourth-order valence-corrected chi connectivity index (χ4v) is 0.624. The topological polar surface area (TPSA) is 26.3 Å². The number of carbonyl (C=O) groups excluding carboxylic acids is 1. The molecule has 0 aliphatic carbocycles. The lowest BCUT2D eigenvalue weighted by molar-refractivity contribution is -0.144. The first-order valence-corrected chi connectivity index (χ1v) is 3.65. The molecular weight excluding hydrogens is 140 g/mol. The molecule has 0 rings (SSSR count). The summed E-state index contributed by atoms with van der Waals surface area (Å²) in [7, 11) is 0. The molecule has 0 amide bonds. The third-order valence-electron chi connectivity index (χ3n) is 1.28. The summed E-state index contributed by atoms with van der Waals surface area (Å²) in [5.74, 6) is 2.30. The van der Waals surface area contributed by atoms with E-state index in [4.69, 9.17) is 11.2 Å². The van der Waals surface area contributed by atoms with Crippen LogP contribution >= 0.6 is 0 Å². The van der Waals surface area contributed by atoms with Crippen molar-refractivity contribution in [3.63, 3.8) is 0 Å². The highest BCUT2D eigenvalue weighted by Crippen LogP contribution is 2.18. The second-order valence-corrected chi connectivity index (χ2v) is 3.01. The molecule has 2 nitrogen and oxygen atoms in total. The van der Waals surface area contributed by atoms with Crippen molar-refractivity contribution in [2.75, 3.05) is 6.61 Å². The zero-order valence-electron chi connectivity index (χ0n) is 7.31. The zero-order valence-corrected chi connectivity index (χ0v) is 7.31. The van der Waals surface area contributed by atoms with Gasteiger partial charge in [-0.1, -0.05) is 5.92 Å². The lowest BCUT2D eigenvalue weighted by atomic mass is 9.91. The maximum absolute atomic E-state index is 10.9. The highest BCUT2D eigenvalue weighted by molar-refractivity contribution is 5.70. The molecule has 0 heterocycles. The van der Waals surface area contributed by atoms with Crippen LogP contribution < -0.4 is 0 Å². The molecule has 62 valence electrons. The molecular formula is C9H14O2. The van der Waals surface area contributed by atoms with Crippen LogP contribution in [0.1, 0.15) is 27.2 Å². The van der Waals surface area contributed by atoms with Crippen LogP contribution in [0.2, 0.25) is 0 Å². The van der Waals surface area contributed by atoms with E-state index in [9.17, 15) is 4.79 Å². The van der Waals surface area contributed by atoms with Crippen LogP contribution in [0, 0.1) is 17.8 Å². The summed E-state index contributed by atoms with van der Waals surface area (Å²) in [6, 6.07) is 0. The standard InChI is InChI=1S/C9H14O2/c1-5-9(3,4)7-8(10)11-6-2/h1H,6-7H2,2-4H3. The largest absolute Gasteiger partial charge is 0.466 e. The molecule has 0 aliphatic rings. The van der Waals surface area contributed by atoms with E-state index in [-0.39, 0.29) is 17.8 Å². The molecule has 0 aliphatic heterocycles. The van der Waals surface area contributed by atoms with E-state index < -0.39 is 0 Å². The van der Waals surface area contributed by atoms with Gasteiger partial charge in [0.25, 0.3) is 0 Å². The van der Waals surface area contributed by atoms with E-state index in [0.29, 0.717) is 6.61 Å². The lowest BCUT2D eigenvalue weighted by Crippen LogP contribution is -2.16. The molecule has 0 aromatic heterocycles. The fraction of sp³-hybridized carbons (Fsp3) is 0.667. The molecule has 0 saturated heterocycles. The molecule has 0 fully saturated rings. The number of terminal acetylenes is 1. The molecule has 0 spiro atoms. The van der Waals surface area contributed by atoms with Crippen molar-refractivity contribution < 1.29 is 9.53 Å². The van der Waals surface area contributed by atoms with Gasteiger partial charge < -0.3 is 4.74 Å². The van der Waals surface area contributed by atoms with E-state index in [0.717, 1.165) is 0 Å². The second kappa shape index (κ2) is 4.02. The summed E-state index contributed by atoms with van der Waals surface area (Å²) in [5, 5.41) is 0. The highest BCUT2D eigenvalue weighted by Gasteiger charge is 2.19. The first-order valence-electron chi connectivity index (χ1n) is 3.65. The van der Waals surface area contributed by atoms with Gasteiger partial charge in [0, 0.05) is 5.41 Å². The summed E-state index contributed by atoms with van der Waals surface area (Å²) < 4.78 is 4.75. The number of rotatable bonds is 3. The third-order valence-corrected chi connectivity index (χ3v) is 1.28. The fourth-order valence-electron chi connectivity index (χ4n) is 0.624. The Labute approximate surface area is 67.9 Å². The maximum atomic E-state index is 10.9. The molecule has 0 N–H and O–H groups in total. The summed E-state index contributed by atoms with van der Waals surface area (Å²) in [5.41, 5.74) is -0.383. The summed E-state index contributed by atoms with van der Waals surface area (Å²) >= 11 is 0. The average Bonchev–Trinajstić information content (AvgIpc) is 1.87. The van der Waals surface area contributed by atoms with Gasteiger partial charge in [0.05, 0.1) is 13.0 Å². The van der Waals surface area contributed by atoms with Crippen molar-refractivity contribution in [2.24, 2.45) is 5.41 Å². The lowest BCUT2D eigenvalue weighted by Gasteiger charge is -2.14. The van der Waals surface area contributed by atoms with Crippen LogP contribution in [0.25, 0.3) is 0 Å². The van der Waals surface area contributed by atoms with E-state index in [1.807, 2.05) is 13.8 Å². The van der Waals surface area contributed by atoms with Crippen molar-refractivity contribution >= 4 is 5.97 Å². The van der Waals surface area contributed by atoms with Crippen molar-refractivity contribution in [3.8, 4) is 12.3 Å². The number of esters is 1. The van der Waals surface area contributed by atoms with Crippen LogP contribution in [-0.4, -0.2) is 12.6 Å². The minimum Gasteiger partial charge on any atom is -0.466 e. The van der Waals surface area contributed by atoms with Crippen LogP contribution in [0.5, 0.6) is 0 Å². The summed E-state index contributed by atoms with van der Waals surface area (Å²) in [6.45, 7) is 5.87. The van der Waals surface area contributed by atoms with Crippen molar-refractivity contribution in [3.05, 3.63) is 0 Å². The summed E-state index contributed by atoms with van der Waals surface area (Å²) in [4.78, 5) is 10.9. The van der Waals surface area contributed by atoms with Gasteiger partial charge in [-0.3, -0.25) is 4.79 Å². The van der Waals surface area contributed by atoms with E-state index in [1.54, 1.807) is 6.92 Å². The Morgan fingerprint density at radius 1 is 1.64 bits per heavy atom. The van der Waals surface area contributed by atoms with E-state index in [2.05, 4.69) is 5.92 Å². The van der Waals surface area contributed by atoms with Gasteiger partial charge in [-0.05, 0) is 20.8 Å². The quantitative estimate of drug-likeness (QED) is 0.456. The van der Waals surface area contributed by atoms with Gasteiger partial charge in [0.1, 0.15) is 0 Å². The Balaban J connectivity index is 3.86. The molecule has 0 bridgehead atoms. The van der Waals surface area contributed by atoms with Gasteiger partial charge in [0.2, 0.25) is 0 Å². The van der Waals surface area contributed by atoms with Gasteiger partial charge in [0.15, 0.2) is 0 Å². The Morgan fingerprint density at radius 2 is 2.18 bits per heavy atom. The normalized spacial score (nSPS) is 10.4. The van der Waals surface area contributed by atoms with Crippen LogP contribution in [0.15, 0.2) is 0 Å². The smallest absolute Gasteiger partial charge is 0.307 e.